The van der Waals surface area contributed by atoms with Crippen LogP contribution >= 0.6 is 0 Å². The monoisotopic (exact) mass is 498 g/mol. The Labute approximate surface area is 205 Å². The molecule has 186 valence electrons. The Kier molecular flexibility index (Phi) is 7.70. The van der Waals surface area contributed by atoms with E-state index in [9.17, 15) is 13.5 Å². The number of benzene rings is 1. The number of sulfonamides is 1. The highest BCUT2D eigenvalue weighted by Crippen LogP contribution is 2.36. The van der Waals surface area contributed by atoms with Crippen LogP contribution in [0.15, 0.2) is 60.5 Å². The normalized spacial score (nSPS) is 20.9. The summed E-state index contributed by atoms with van der Waals surface area (Å²) in [6.07, 6.45) is 9.50. The van der Waals surface area contributed by atoms with Crippen molar-refractivity contribution < 1.29 is 18.3 Å². The molecule has 1 aliphatic rings. The lowest BCUT2D eigenvalue weighted by molar-refractivity contribution is 0.0733. The van der Waals surface area contributed by atoms with E-state index in [1.54, 1.807) is 49.9 Å². The fourth-order valence-electron chi connectivity index (χ4n) is 4.17. The SMILES string of the molecule is C[C@@H]1CN([C@H](C)CO)S(=O)(=O)c2ccc(-c3cncnc3)cc2O[C@H]1CN(C)Cc1cncnc1. The van der Waals surface area contributed by atoms with Gasteiger partial charge >= 0.3 is 0 Å². The second-order valence-electron chi connectivity index (χ2n) is 8.97. The van der Waals surface area contributed by atoms with Crippen molar-refractivity contribution in [2.75, 3.05) is 26.7 Å². The highest BCUT2D eigenvalue weighted by molar-refractivity contribution is 7.89. The van der Waals surface area contributed by atoms with E-state index in [-0.39, 0.29) is 35.8 Å². The third-order valence-electron chi connectivity index (χ3n) is 6.12. The van der Waals surface area contributed by atoms with Crippen LogP contribution in [0, 0.1) is 5.92 Å². The summed E-state index contributed by atoms with van der Waals surface area (Å²) in [5.74, 6) is 0.125. The number of likely N-dealkylation sites (N-methyl/N-ethyl adjacent to an activating group) is 1. The summed E-state index contributed by atoms with van der Waals surface area (Å²) >= 11 is 0. The number of hydrogen-bond acceptors (Lipinski definition) is 9. The zero-order valence-electron chi connectivity index (χ0n) is 20.0. The van der Waals surface area contributed by atoms with Gasteiger partial charge in [-0.2, -0.15) is 4.31 Å². The van der Waals surface area contributed by atoms with Crippen LogP contribution < -0.4 is 4.74 Å². The van der Waals surface area contributed by atoms with Gasteiger partial charge in [0, 0.05) is 67.5 Å². The van der Waals surface area contributed by atoms with Gasteiger partial charge in [-0.15, -0.1) is 0 Å². The first-order chi connectivity index (χ1) is 16.8. The molecule has 0 saturated carbocycles. The molecule has 2 aromatic heterocycles. The lowest BCUT2D eigenvalue weighted by Crippen LogP contribution is -2.49. The topological polar surface area (TPSA) is 122 Å². The lowest BCUT2D eigenvalue weighted by Gasteiger charge is -2.37. The highest BCUT2D eigenvalue weighted by atomic mass is 32.2. The van der Waals surface area contributed by atoms with Crippen molar-refractivity contribution in [1.29, 1.82) is 0 Å². The van der Waals surface area contributed by atoms with Gasteiger partial charge in [0.05, 0.1) is 6.61 Å². The molecule has 0 amide bonds. The van der Waals surface area contributed by atoms with Gasteiger partial charge in [-0.3, -0.25) is 4.90 Å². The Hall–Kier alpha value is -2.99. The van der Waals surface area contributed by atoms with Crippen molar-refractivity contribution in [2.45, 2.75) is 37.4 Å². The van der Waals surface area contributed by atoms with Crippen LogP contribution in [0.3, 0.4) is 0 Å². The van der Waals surface area contributed by atoms with Crippen molar-refractivity contribution in [2.24, 2.45) is 5.92 Å². The van der Waals surface area contributed by atoms with Crippen molar-refractivity contribution >= 4 is 10.0 Å². The summed E-state index contributed by atoms with van der Waals surface area (Å²) in [4.78, 5) is 18.5. The van der Waals surface area contributed by atoms with E-state index in [0.717, 1.165) is 16.7 Å². The molecule has 4 rings (SSSR count). The maximum absolute atomic E-state index is 13.6. The first-order valence-electron chi connectivity index (χ1n) is 11.4. The number of hydrogen-bond donors (Lipinski definition) is 1. The Morgan fingerprint density at radius 2 is 1.77 bits per heavy atom. The highest BCUT2D eigenvalue weighted by Gasteiger charge is 2.38. The minimum atomic E-state index is -3.90. The molecule has 3 heterocycles. The first kappa shape index (κ1) is 25.1. The van der Waals surface area contributed by atoms with Gasteiger partial charge in [-0.05, 0) is 31.7 Å². The number of fused-ring (bicyclic) bond motifs is 1. The zero-order chi connectivity index (χ0) is 25.0. The van der Waals surface area contributed by atoms with Gasteiger partial charge in [-0.25, -0.2) is 28.4 Å². The fourth-order valence-corrected chi connectivity index (χ4v) is 5.99. The molecule has 0 aliphatic carbocycles. The molecule has 0 unspecified atom stereocenters. The average molecular weight is 499 g/mol. The molecule has 11 heteroatoms. The van der Waals surface area contributed by atoms with E-state index in [0.29, 0.717) is 13.1 Å². The quantitative estimate of drug-likeness (QED) is 0.520. The number of nitrogens with zero attached hydrogens (tertiary/aromatic N) is 6. The molecule has 10 nitrogen and oxygen atoms in total. The molecule has 3 atom stereocenters. The van der Waals surface area contributed by atoms with E-state index < -0.39 is 16.1 Å². The summed E-state index contributed by atoms with van der Waals surface area (Å²) in [6, 6.07) is 4.43. The fraction of sp³-hybridized carbons (Fsp3) is 0.417. The number of aromatic nitrogens is 4. The van der Waals surface area contributed by atoms with E-state index >= 15 is 0 Å². The summed E-state index contributed by atoms with van der Waals surface area (Å²) in [5.41, 5.74) is 2.48. The second kappa shape index (κ2) is 10.7. The van der Waals surface area contributed by atoms with Crippen LogP contribution in [-0.4, -0.2) is 81.6 Å². The van der Waals surface area contributed by atoms with Gasteiger partial charge in [0.25, 0.3) is 0 Å². The van der Waals surface area contributed by atoms with Crippen LogP contribution in [0.25, 0.3) is 11.1 Å². The average Bonchev–Trinajstić information content (AvgIpc) is 2.86. The number of rotatable bonds is 7. The zero-order valence-corrected chi connectivity index (χ0v) is 20.8. The van der Waals surface area contributed by atoms with Crippen molar-refractivity contribution in [3.05, 3.63) is 61.2 Å². The van der Waals surface area contributed by atoms with Crippen molar-refractivity contribution in [1.82, 2.24) is 29.1 Å². The molecule has 3 aromatic rings. The first-order valence-corrected chi connectivity index (χ1v) is 12.8. The summed E-state index contributed by atoms with van der Waals surface area (Å²) < 4.78 is 35.1. The number of aliphatic hydroxyl groups excluding tert-OH is 1. The predicted octanol–water partition coefficient (Wildman–Crippen LogP) is 1.83. The van der Waals surface area contributed by atoms with Crippen LogP contribution in [0.2, 0.25) is 0 Å². The maximum Gasteiger partial charge on any atom is 0.247 e. The van der Waals surface area contributed by atoms with Gasteiger partial charge in [0.15, 0.2) is 0 Å². The molecule has 1 N–H and O–H groups in total. The van der Waals surface area contributed by atoms with Crippen LogP contribution in [0.5, 0.6) is 5.75 Å². The number of ether oxygens (including phenoxy) is 1. The molecule has 0 saturated heterocycles. The Balaban J connectivity index is 1.72. The molecule has 1 aromatic carbocycles. The molecular formula is C24H30N6O4S. The number of aliphatic hydroxyl groups is 1. The molecule has 0 fully saturated rings. The smallest absolute Gasteiger partial charge is 0.247 e. The van der Waals surface area contributed by atoms with E-state index in [4.69, 9.17) is 4.74 Å². The van der Waals surface area contributed by atoms with Gasteiger partial charge < -0.3 is 9.84 Å². The van der Waals surface area contributed by atoms with Crippen LogP contribution in [-0.2, 0) is 16.6 Å². The van der Waals surface area contributed by atoms with E-state index in [1.165, 1.54) is 17.0 Å². The van der Waals surface area contributed by atoms with Crippen molar-refractivity contribution in [3.63, 3.8) is 0 Å². The lowest BCUT2D eigenvalue weighted by atomic mass is 10.0. The second-order valence-corrected chi connectivity index (χ2v) is 10.8. The van der Waals surface area contributed by atoms with E-state index in [1.807, 2.05) is 14.0 Å². The maximum atomic E-state index is 13.6. The van der Waals surface area contributed by atoms with Crippen molar-refractivity contribution in [3.8, 4) is 16.9 Å². The third-order valence-corrected chi connectivity index (χ3v) is 8.14. The molecule has 0 bridgehead atoms. The largest absolute Gasteiger partial charge is 0.487 e. The molecule has 0 spiro atoms. The van der Waals surface area contributed by atoms with Gasteiger partial charge in [0.1, 0.15) is 29.4 Å². The Morgan fingerprint density at radius 3 is 2.43 bits per heavy atom. The Morgan fingerprint density at radius 1 is 1.11 bits per heavy atom. The third kappa shape index (κ3) is 5.64. The summed E-state index contributed by atoms with van der Waals surface area (Å²) in [6.45, 7) is 4.80. The summed E-state index contributed by atoms with van der Waals surface area (Å²) in [7, 11) is -1.92. The predicted molar refractivity (Wildman–Crippen MR) is 130 cm³/mol. The van der Waals surface area contributed by atoms with Crippen LogP contribution in [0.4, 0.5) is 0 Å². The van der Waals surface area contributed by atoms with Gasteiger partial charge in [-0.1, -0.05) is 13.0 Å². The minimum Gasteiger partial charge on any atom is -0.487 e. The summed E-state index contributed by atoms with van der Waals surface area (Å²) in [5, 5.41) is 9.81. The van der Waals surface area contributed by atoms with Gasteiger partial charge in [0.2, 0.25) is 10.0 Å². The van der Waals surface area contributed by atoms with Crippen LogP contribution in [0.1, 0.15) is 19.4 Å². The standard InChI is InChI=1S/C24H30N6O4S/c1-17-11-30(18(2)14-31)35(32,33)24-5-4-20(21-9-27-16-28-10-21)6-22(24)34-23(17)13-29(3)12-19-7-25-15-26-8-19/h4-10,15-18,23,31H,11-14H2,1-3H3/t17-,18-,23+/m1/s1. The minimum absolute atomic E-state index is 0.0782. The molecule has 35 heavy (non-hydrogen) atoms. The molecular weight excluding hydrogens is 468 g/mol. The van der Waals surface area contributed by atoms with E-state index in [2.05, 4.69) is 24.8 Å². The molecule has 1 aliphatic heterocycles. The Bertz CT molecular complexity index is 1230. The molecule has 0 radical (unpaired) electrons.